The fourth-order valence-corrected chi connectivity index (χ4v) is 4.32. The molecule has 1 aromatic rings. The lowest BCUT2D eigenvalue weighted by Gasteiger charge is -2.36. The van der Waals surface area contributed by atoms with Crippen LogP contribution < -0.4 is 10.2 Å². The summed E-state index contributed by atoms with van der Waals surface area (Å²) in [6.45, 7) is 10.2. The molecule has 1 heterocycles. The predicted molar refractivity (Wildman–Crippen MR) is 103 cm³/mol. The van der Waals surface area contributed by atoms with Gasteiger partial charge in [0.1, 0.15) is 0 Å². The molecule has 1 saturated heterocycles. The first-order valence-electron chi connectivity index (χ1n) is 9.78. The highest BCUT2D eigenvalue weighted by Gasteiger charge is 2.35. The number of morpholine rings is 1. The summed E-state index contributed by atoms with van der Waals surface area (Å²) in [5.74, 6) is 2.05. The third kappa shape index (κ3) is 4.55. The highest BCUT2D eigenvalue weighted by molar-refractivity contribution is 5.93. The summed E-state index contributed by atoms with van der Waals surface area (Å²) in [6.07, 6.45) is 3.44. The van der Waals surface area contributed by atoms with E-state index in [1.54, 1.807) is 0 Å². The van der Waals surface area contributed by atoms with Crippen molar-refractivity contribution in [3.05, 3.63) is 24.3 Å². The summed E-state index contributed by atoms with van der Waals surface area (Å²) < 4.78 is 5.40. The van der Waals surface area contributed by atoms with E-state index in [1.807, 2.05) is 12.1 Å². The molecule has 0 aromatic heterocycles. The monoisotopic (exact) mass is 344 g/mol. The van der Waals surface area contributed by atoms with E-state index >= 15 is 0 Å². The van der Waals surface area contributed by atoms with Crippen LogP contribution in [0.4, 0.5) is 11.4 Å². The van der Waals surface area contributed by atoms with Gasteiger partial charge < -0.3 is 15.0 Å². The van der Waals surface area contributed by atoms with E-state index in [0.29, 0.717) is 17.8 Å². The number of anilines is 2. The van der Waals surface area contributed by atoms with E-state index in [0.717, 1.165) is 38.4 Å². The Morgan fingerprint density at radius 2 is 1.84 bits per heavy atom. The normalized spacial score (nSPS) is 27.4. The minimum Gasteiger partial charge on any atom is -0.378 e. The zero-order valence-electron chi connectivity index (χ0n) is 15.8. The number of nitrogens with zero attached hydrogens (tertiary/aromatic N) is 1. The zero-order chi connectivity index (χ0) is 17.8. The smallest absolute Gasteiger partial charge is 0.227 e. The van der Waals surface area contributed by atoms with Crippen LogP contribution in [0, 0.1) is 23.7 Å². The Morgan fingerprint density at radius 1 is 1.16 bits per heavy atom. The van der Waals surface area contributed by atoms with Crippen molar-refractivity contribution in [3.63, 3.8) is 0 Å². The van der Waals surface area contributed by atoms with Crippen LogP contribution in [-0.2, 0) is 9.53 Å². The highest BCUT2D eigenvalue weighted by atomic mass is 16.5. The van der Waals surface area contributed by atoms with E-state index in [9.17, 15) is 4.79 Å². The second kappa shape index (κ2) is 8.22. The first-order chi connectivity index (χ1) is 12.0. The van der Waals surface area contributed by atoms with Gasteiger partial charge >= 0.3 is 0 Å². The van der Waals surface area contributed by atoms with Gasteiger partial charge in [0.2, 0.25) is 5.91 Å². The number of hydrogen-bond donors (Lipinski definition) is 1. The topological polar surface area (TPSA) is 41.6 Å². The van der Waals surface area contributed by atoms with Gasteiger partial charge in [-0.25, -0.2) is 0 Å². The van der Waals surface area contributed by atoms with Crippen molar-refractivity contribution in [2.24, 2.45) is 23.7 Å². The van der Waals surface area contributed by atoms with Crippen LogP contribution in [-0.4, -0.2) is 32.2 Å². The van der Waals surface area contributed by atoms with Crippen molar-refractivity contribution in [1.82, 2.24) is 0 Å². The lowest BCUT2D eigenvalue weighted by molar-refractivity contribution is -0.123. The SMILES string of the molecule is CC(C)[C@@H]1CC[C@@H](C)C[C@H]1C(=O)Nc1ccc(N2CCOCC2)cc1. The summed E-state index contributed by atoms with van der Waals surface area (Å²) in [7, 11) is 0. The molecule has 4 heteroatoms. The number of ether oxygens (including phenoxy) is 1. The molecule has 138 valence electrons. The maximum atomic E-state index is 12.9. The summed E-state index contributed by atoms with van der Waals surface area (Å²) in [4.78, 5) is 15.2. The first-order valence-corrected chi connectivity index (χ1v) is 9.78. The Kier molecular flexibility index (Phi) is 6.00. The standard InChI is InChI=1S/C21H32N2O2/c1-15(2)19-9-4-16(3)14-20(19)21(24)22-17-5-7-18(8-6-17)23-10-12-25-13-11-23/h5-8,15-16,19-20H,4,9-14H2,1-3H3,(H,22,24)/t16-,19+,20-/m1/s1. The molecular weight excluding hydrogens is 312 g/mol. The van der Waals surface area contributed by atoms with E-state index in [4.69, 9.17) is 4.74 Å². The molecule has 1 aromatic carbocycles. The van der Waals surface area contributed by atoms with E-state index in [2.05, 4.69) is 43.1 Å². The van der Waals surface area contributed by atoms with Gasteiger partial charge in [-0.1, -0.05) is 27.2 Å². The van der Waals surface area contributed by atoms with Gasteiger partial charge in [-0.05, 0) is 54.9 Å². The second-order valence-corrected chi connectivity index (χ2v) is 8.07. The van der Waals surface area contributed by atoms with Crippen LogP contribution >= 0.6 is 0 Å². The number of rotatable bonds is 4. The maximum Gasteiger partial charge on any atom is 0.227 e. The van der Waals surface area contributed by atoms with Crippen molar-refractivity contribution in [2.75, 3.05) is 36.5 Å². The molecule has 2 aliphatic rings. The quantitative estimate of drug-likeness (QED) is 0.891. The van der Waals surface area contributed by atoms with Crippen molar-refractivity contribution >= 4 is 17.3 Å². The van der Waals surface area contributed by atoms with E-state index in [-0.39, 0.29) is 11.8 Å². The molecule has 1 amide bonds. The molecule has 0 bridgehead atoms. The summed E-state index contributed by atoms with van der Waals surface area (Å²) in [6, 6.07) is 8.26. The molecular formula is C21H32N2O2. The number of carbonyl (C=O) groups is 1. The van der Waals surface area contributed by atoms with Crippen LogP contribution in [0.3, 0.4) is 0 Å². The highest BCUT2D eigenvalue weighted by Crippen LogP contribution is 2.38. The molecule has 0 unspecified atom stereocenters. The number of hydrogen-bond acceptors (Lipinski definition) is 3. The van der Waals surface area contributed by atoms with Gasteiger partial charge in [0.05, 0.1) is 13.2 Å². The van der Waals surface area contributed by atoms with Crippen LogP contribution in [0.5, 0.6) is 0 Å². The summed E-state index contributed by atoms with van der Waals surface area (Å²) >= 11 is 0. The molecule has 3 atom stereocenters. The molecule has 1 aliphatic carbocycles. The fraction of sp³-hybridized carbons (Fsp3) is 0.667. The van der Waals surface area contributed by atoms with Gasteiger partial charge in [-0.15, -0.1) is 0 Å². The molecule has 0 spiro atoms. The first kappa shape index (κ1) is 18.2. The van der Waals surface area contributed by atoms with E-state index in [1.165, 1.54) is 18.5 Å². The lowest BCUT2D eigenvalue weighted by atomic mass is 9.70. The third-order valence-corrected chi connectivity index (χ3v) is 5.87. The number of carbonyl (C=O) groups excluding carboxylic acids is 1. The van der Waals surface area contributed by atoms with Crippen molar-refractivity contribution in [2.45, 2.75) is 40.0 Å². The Bertz CT molecular complexity index is 564. The zero-order valence-corrected chi connectivity index (χ0v) is 15.8. The predicted octanol–water partition coefficient (Wildman–Crippen LogP) is 4.17. The number of nitrogens with one attached hydrogen (secondary N) is 1. The Morgan fingerprint density at radius 3 is 2.48 bits per heavy atom. The summed E-state index contributed by atoms with van der Waals surface area (Å²) in [5, 5.41) is 3.17. The minimum atomic E-state index is 0.141. The van der Waals surface area contributed by atoms with Gasteiger partial charge in [0.15, 0.2) is 0 Å². The Balaban J connectivity index is 1.63. The molecule has 1 aliphatic heterocycles. The second-order valence-electron chi connectivity index (χ2n) is 8.07. The van der Waals surface area contributed by atoms with Crippen molar-refractivity contribution in [1.29, 1.82) is 0 Å². The molecule has 4 nitrogen and oxygen atoms in total. The van der Waals surface area contributed by atoms with Gasteiger partial charge in [0, 0.05) is 30.4 Å². The van der Waals surface area contributed by atoms with Crippen LogP contribution in [0.2, 0.25) is 0 Å². The van der Waals surface area contributed by atoms with Crippen LogP contribution in [0.25, 0.3) is 0 Å². The van der Waals surface area contributed by atoms with Gasteiger partial charge in [-0.2, -0.15) is 0 Å². The number of benzene rings is 1. The lowest BCUT2D eigenvalue weighted by Crippen LogP contribution is -2.37. The van der Waals surface area contributed by atoms with Crippen molar-refractivity contribution < 1.29 is 9.53 Å². The fourth-order valence-electron chi connectivity index (χ4n) is 4.32. The average Bonchev–Trinajstić information content (AvgIpc) is 2.62. The molecule has 2 fully saturated rings. The largest absolute Gasteiger partial charge is 0.378 e. The Labute approximate surface area is 151 Å². The van der Waals surface area contributed by atoms with E-state index < -0.39 is 0 Å². The molecule has 1 N–H and O–H groups in total. The van der Waals surface area contributed by atoms with Crippen molar-refractivity contribution in [3.8, 4) is 0 Å². The Hall–Kier alpha value is -1.55. The maximum absolute atomic E-state index is 12.9. The average molecular weight is 344 g/mol. The minimum absolute atomic E-state index is 0.141. The summed E-state index contributed by atoms with van der Waals surface area (Å²) in [5.41, 5.74) is 2.11. The van der Waals surface area contributed by atoms with Gasteiger partial charge in [-0.3, -0.25) is 4.79 Å². The molecule has 0 radical (unpaired) electrons. The molecule has 1 saturated carbocycles. The van der Waals surface area contributed by atoms with Crippen LogP contribution in [0.15, 0.2) is 24.3 Å². The molecule has 25 heavy (non-hydrogen) atoms. The van der Waals surface area contributed by atoms with Crippen LogP contribution in [0.1, 0.15) is 40.0 Å². The van der Waals surface area contributed by atoms with Gasteiger partial charge in [0.25, 0.3) is 0 Å². The third-order valence-electron chi connectivity index (χ3n) is 5.87. The number of amides is 1. The molecule has 3 rings (SSSR count).